The Balaban J connectivity index is 0.00000291. The summed E-state index contributed by atoms with van der Waals surface area (Å²) in [4.78, 5) is 11.6. The molecular formula is C26H52N2O8. The zero-order valence-corrected chi connectivity index (χ0v) is 23.4. The third-order valence-corrected chi connectivity index (χ3v) is 6.01. The molecule has 0 bridgehead atoms. The van der Waals surface area contributed by atoms with E-state index in [0.29, 0.717) is 44.7 Å². The maximum atomic E-state index is 11.6. The molecule has 0 aromatic heterocycles. The first-order valence-electron chi connectivity index (χ1n) is 13.4. The fourth-order valence-corrected chi connectivity index (χ4v) is 3.91. The summed E-state index contributed by atoms with van der Waals surface area (Å²) >= 11 is 0. The van der Waals surface area contributed by atoms with Gasteiger partial charge in [0.15, 0.2) is 12.6 Å². The summed E-state index contributed by atoms with van der Waals surface area (Å²) in [5.41, 5.74) is 0.452. The molecule has 1 amide bonds. The molecule has 2 fully saturated rings. The van der Waals surface area contributed by atoms with Gasteiger partial charge >= 0.3 is 0 Å². The molecule has 36 heavy (non-hydrogen) atoms. The number of aliphatic hydroxyl groups is 3. The number of hydrogen-bond acceptors (Lipinski definition) is 9. The molecule has 0 spiro atoms. The maximum absolute atomic E-state index is 11.6. The Hall–Kier alpha value is -1.11. The summed E-state index contributed by atoms with van der Waals surface area (Å²) in [6.07, 6.45) is -2.75. The summed E-state index contributed by atoms with van der Waals surface area (Å²) in [7, 11) is 0. The highest BCUT2D eigenvalue weighted by Gasteiger charge is 2.40. The Labute approximate surface area is 217 Å². The highest BCUT2D eigenvalue weighted by Crippen LogP contribution is 2.30. The fourth-order valence-electron chi connectivity index (χ4n) is 3.91. The second-order valence-electron chi connectivity index (χ2n) is 8.55. The Morgan fingerprint density at radius 3 is 2.17 bits per heavy atom. The molecule has 2 aliphatic rings. The van der Waals surface area contributed by atoms with Crippen LogP contribution in [0.4, 0.5) is 0 Å². The van der Waals surface area contributed by atoms with Crippen molar-refractivity contribution in [2.75, 3.05) is 39.5 Å². The van der Waals surface area contributed by atoms with E-state index in [2.05, 4.69) is 17.2 Å². The van der Waals surface area contributed by atoms with Gasteiger partial charge in [-0.15, -0.1) is 0 Å². The smallest absolute Gasteiger partial charge is 0.246 e. The lowest BCUT2D eigenvalue weighted by Crippen LogP contribution is -2.52. The minimum Gasteiger partial charge on any atom is -0.394 e. The van der Waals surface area contributed by atoms with E-state index >= 15 is 0 Å². The van der Waals surface area contributed by atoms with Crippen molar-refractivity contribution in [3.63, 3.8) is 0 Å². The third kappa shape index (κ3) is 12.0. The number of carbonyl (C=O) groups is 1. The Morgan fingerprint density at radius 2 is 1.58 bits per heavy atom. The zero-order valence-electron chi connectivity index (χ0n) is 23.4. The van der Waals surface area contributed by atoms with Gasteiger partial charge in [0, 0.05) is 56.5 Å². The van der Waals surface area contributed by atoms with Crippen molar-refractivity contribution in [3.05, 3.63) is 12.2 Å². The predicted molar refractivity (Wildman–Crippen MR) is 139 cm³/mol. The normalized spacial score (nSPS) is 31.8. The monoisotopic (exact) mass is 520 g/mol. The molecule has 8 atom stereocenters. The van der Waals surface area contributed by atoms with Crippen molar-refractivity contribution < 1.29 is 39.1 Å². The van der Waals surface area contributed by atoms with Crippen LogP contribution in [0.5, 0.6) is 0 Å². The molecule has 5 N–H and O–H groups in total. The van der Waals surface area contributed by atoms with Gasteiger partial charge in [-0.2, -0.15) is 0 Å². The van der Waals surface area contributed by atoms with Gasteiger partial charge in [0.2, 0.25) is 5.91 Å². The summed E-state index contributed by atoms with van der Waals surface area (Å²) in [5, 5.41) is 36.4. The molecule has 2 aliphatic heterocycles. The van der Waals surface area contributed by atoms with Crippen LogP contribution in [-0.2, 0) is 23.7 Å². The molecule has 0 aromatic carbocycles. The van der Waals surface area contributed by atoms with Gasteiger partial charge in [-0.1, -0.05) is 41.2 Å². The van der Waals surface area contributed by atoms with Gasteiger partial charge in [-0.05, 0) is 13.8 Å². The van der Waals surface area contributed by atoms with E-state index in [1.807, 2.05) is 41.5 Å². The van der Waals surface area contributed by atoms with E-state index in [1.54, 1.807) is 6.92 Å². The third-order valence-electron chi connectivity index (χ3n) is 6.01. The second-order valence-corrected chi connectivity index (χ2v) is 8.55. The molecule has 0 saturated carbocycles. The van der Waals surface area contributed by atoms with E-state index in [4.69, 9.17) is 18.9 Å². The zero-order chi connectivity index (χ0) is 27.7. The second kappa shape index (κ2) is 19.9. The number of rotatable bonds is 12. The van der Waals surface area contributed by atoms with Crippen LogP contribution in [0.2, 0.25) is 0 Å². The van der Waals surface area contributed by atoms with Crippen molar-refractivity contribution in [1.29, 1.82) is 0 Å². The van der Waals surface area contributed by atoms with Gasteiger partial charge in [-0.25, -0.2) is 0 Å². The number of amides is 1. The molecule has 10 heteroatoms. The number of nitrogens with one attached hydrogen (secondary N) is 2. The SMILES string of the molecule is C=C(C)C(=O)NCCNC[C@H]1O[C@H](OCC)C[C@@H](O)[C@@H]1CO[C@@H]1C[C@@H](O)[C@H](C)[C@@H](CO)O1.CC.CC. The van der Waals surface area contributed by atoms with Crippen LogP contribution in [0.15, 0.2) is 12.2 Å². The van der Waals surface area contributed by atoms with E-state index in [1.165, 1.54) is 0 Å². The number of ether oxygens (including phenoxy) is 4. The topological polar surface area (TPSA) is 139 Å². The standard InChI is InChI=1S/C22H40N2O8.2C2H6/c1-5-29-20-9-17(27)15(12-30-21-8-16(26)14(4)19(11-25)32-21)18(31-20)10-23-6-7-24-22(28)13(2)3;2*1-2/h14-21,23,25-27H,2,5-12H2,1,3-4H3,(H,24,28);2*1-2H3/t14-,15-,16+,17+,18+,19+,20-,21-;;/m0../s1. The van der Waals surface area contributed by atoms with E-state index in [0.717, 1.165) is 0 Å². The van der Waals surface area contributed by atoms with Gasteiger partial charge in [-0.3, -0.25) is 4.79 Å². The summed E-state index contributed by atoms with van der Waals surface area (Å²) in [5.74, 6) is -0.710. The van der Waals surface area contributed by atoms with Crippen molar-refractivity contribution >= 4 is 5.91 Å². The lowest BCUT2D eigenvalue weighted by atomic mass is 9.90. The minimum absolute atomic E-state index is 0.169. The van der Waals surface area contributed by atoms with E-state index in [9.17, 15) is 20.1 Å². The first kappa shape index (κ1) is 34.9. The van der Waals surface area contributed by atoms with Crippen LogP contribution < -0.4 is 10.6 Å². The molecular weight excluding hydrogens is 468 g/mol. The van der Waals surface area contributed by atoms with Gasteiger partial charge in [0.25, 0.3) is 0 Å². The lowest BCUT2D eigenvalue weighted by Gasteiger charge is -2.41. The summed E-state index contributed by atoms with van der Waals surface area (Å²) < 4.78 is 23.2. The highest BCUT2D eigenvalue weighted by atomic mass is 16.7. The van der Waals surface area contributed by atoms with Crippen LogP contribution in [0.3, 0.4) is 0 Å². The number of carbonyl (C=O) groups excluding carboxylic acids is 1. The van der Waals surface area contributed by atoms with Crippen molar-refractivity contribution in [3.8, 4) is 0 Å². The van der Waals surface area contributed by atoms with Crippen LogP contribution >= 0.6 is 0 Å². The van der Waals surface area contributed by atoms with Gasteiger partial charge in [0.05, 0.1) is 37.6 Å². The van der Waals surface area contributed by atoms with Gasteiger partial charge < -0.3 is 44.9 Å². The lowest BCUT2D eigenvalue weighted by molar-refractivity contribution is -0.269. The summed E-state index contributed by atoms with van der Waals surface area (Å²) in [6.45, 7) is 18.8. The van der Waals surface area contributed by atoms with Crippen LogP contribution in [0.1, 0.15) is 61.3 Å². The molecule has 214 valence electrons. The molecule has 0 aliphatic carbocycles. The molecule has 2 heterocycles. The highest BCUT2D eigenvalue weighted by molar-refractivity contribution is 5.92. The molecule has 2 rings (SSSR count). The van der Waals surface area contributed by atoms with Crippen LogP contribution in [0, 0.1) is 11.8 Å². The van der Waals surface area contributed by atoms with E-state index < -0.39 is 30.9 Å². The first-order chi connectivity index (χ1) is 17.3. The largest absolute Gasteiger partial charge is 0.394 e. The summed E-state index contributed by atoms with van der Waals surface area (Å²) in [6, 6.07) is 0. The van der Waals surface area contributed by atoms with Crippen molar-refractivity contribution in [2.45, 2.75) is 98.3 Å². The predicted octanol–water partition coefficient (Wildman–Crippen LogP) is 1.57. The molecule has 2 saturated heterocycles. The average molecular weight is 521 g/mol. The van der Waals surface area contributed by atoms with Crippen LogP contribution in [-0.4, -0.2) is 97.7 Å². The van der Waals surface area contributed by atoms with Crippen molar-refractivity contribution in [1.82, 2.24) is 10.6 Å². The van der Waals surface area contributed by atoms with Gasteiger partial charge in [0.1, 0.15) is 0 Å². The Morgan fingerprint density at radius 1 is 1.00 bits per heavy atom. The first-order valence-corrected chi connectivity index (χ1v) is 13.4. The van der Waals surface area contributed by atoms with Crippen LogP contribution in [0.25, 0.3) is 0 Å². The van der Waals surface area contributed by atoms with Crippen molar-refractivity contribution in [2.24, 2.45) is 11.8 Å². The fraction of sp³-hybridized carbons (Fsp3) is 0.885. The molecule has 10 nitrogen and oxygen atoms in total. The number of hydrogen-bond donors (Lipinski definition) is 5. The number of aliphatic hydroxyl groups excluding tert-OH is 3. The molecule has 0 unspecified atom stereocenters. The Kier molecular flexibility index (Phi) is 19.3. The molecule has 0 aromatic rings. The maximum Gasteiger partial charge on any atom is 0.246 e. The minimum atomic E-state index is -0.698. The van der Waals surface area contributed by atoms with E-state index in [-0.39, 0.29) is 37.1 Å². The average Bonchev–Trinajstić information content (AvgIpc) is 2.87. The quantitative estimate of drug-likeness (QED) is 0.192. The molecule has 0 radical (unpaired) electrons. The Bertz CT molecular complexity index is 594.